The van der Waals surface area contributed by atoms with Gasteiger partial charge in [0.15, 0.2) is 11.5 Å². The molecular weight excluding hydrogens is 414 g/mol. The van der Waals surface area contributed by atoms with Crippen LogP contribution in [0.2, 0.25) is 0 Å². The maximum absolute atomic E-state index is 13.1. The van der Waals surface area contributed by atoms with Gasteiger partial charge in [-0.25, -0.2) is 0 Å². The van der Waals surface area contributed by atoms with E-state index in [1.54, 1.807) is 14.2 Å². The van der Waals surface area contributed by atoms with Crippen LogP contribution in [0.3, 0.4) is 0 Å². The highest BCUT2D eigenvalue weighted by Gasteiger charge is 2.34. The average molecular weight is 458 g/mol. The number of methoxy groups -OCH3 is 2. The van der Waals surface area contributed by atoms with Crippen molar-refractivity contribution in [2.75, 3.05) is 54.0 Å². The Morgan fingerprint density at radius 2 is 1.58 bits per heavy atom. The maximum atomic E-state index is 13.1. The SMILES string of the molecule is CCCN(C1CCN(C(=O)C2CCN(C)CC2)CC1)C1CCc2cc(OC)c(OC)cc2C1. The van der Waals surface area contributed by atoms with Crippen molar-refractivity contribution in [3.05, 3.63) is 23.3 Å². The lowest BCUT2D eigenvalue weighted by Crippen LogP contribution is -2.53. The third-order valence-electron chi connectivity index (χ3n) is 8.17. The van der Waals surface area contributed by atoms with Gasteiger partial charge in [-0.15, -0.1) is 0 Å². The Morgan fingerprint density at radius 3 is 2.18 bits per heavy atom. The summed E-state index contributed by atoms with van der Waals surface area (Å²) in [6.45, 7) is 7.37. The summed E-state index contributed by atoms with van der Waals surface area (Å²) in [6.07, 6.45) is 8.78. The molecule has 1 unspecified atom stereocenters. The molecule has 0 bridgehead atoms. The van der Waals surface area contributed by atoms with Crippen molar-refractivity contribution in [3.63, 3.8) is 0 Å². The Kier molecular flexibility index (Phi) is 8.18. The van der Waals surface area contributed by atoms with Crippen molar-refractivity contribution < 1.29 is 14.3 Å². The van der Waals surface area contributed by atoms with Crippen molar-refractivity contribution in [2.45, 2.75) is 70.4 Å². The molecule has 2 heterocycles. The van der Waals surface area contributed by atoms with Crippen LogP contribution in [0.5, 0.6) is 11.5 Å². The minimum Gasteiger partial charge on any atom is -0.493 e. The Hall–Kier alpha value is -1.79. The Bertz CT molecular complexity index is 798. The molecule has 6 heteroatoms. The molecule has 1 aromatic carbocycles. The molecular formula is C27H43N3O3. The number of carbonyl (C=O) groups is 1. The highest BCUT2D eigenvalue weighted by atomic mass is 16.5. The molecule has 1 amide bonds. The van der Waals surface area contributed by atoms with E-state index in [2.05, 4.69) is 40.8 Å². The van der Waals surface area contributed by atoms with Gasteiger partial charge in [-0.05, 0) is 101 Å². The minimum atomic E-state index is 0.242. The molecule has 0 radical (unpaired) electrons. The standard InChI is InChI=1S/C27H43N3O3/c1-5-12-30(24-7-6-21-18-25(32-3)26(33-4)19-22(21)17-24)23-10-15-29(16-11-23)27(31)20-8-13-28(2)14-9-20/h18-20,23-24H,5-17H2,1-4H3. The normalized spacial score (nSPS) is 22.9. The summed E-state index contributed by atoms with van der Waals surface area (Å²) < 4.78 is 11.1. The molecule has 2 fully saturated rings. The van der Waals surface area contributed by atoms with Crippen LogP contribution in [0.1, 0.15) is 56.6 Å². The molecule has 6 nitrogen and oxygen atoms in total. The van der Waals surface area contributed by atoms with E-state index in [9.17, 15) is 4.79 Å². The van der Waals surface area contributed by atoms with Crippen LogP contribution in [0, 0.1) is 5.92 Å². The monoisotopic (exact) mass is 457 g/mol. The average Bonchev–Trinajstić information content (AvgIpc) is 2.86. The topological polar surface area (TPSA) is 45.2 Å². The molecule has 4 rings (SSSR count). The zero-order chi connectivity index (χ0) is 23.4. The number of hydrogen-bond donors (Lipinski definition) is 0. The van der Waals surface area contributed by atoms with E-state index in [1.165, 1.54) is 24.0 Å². The first-order valence-electron chi connectivity index (χ1n) is 13.0. The molecule has 33 heavy (non-hydrogen) atoms. The van der Waals surface area contributed by atoms with Gasteiger partial charge in [0.25, 0.3) is 0 Å². The second kappa shape index (κ2) is 11.1. The maximum Gasteiger partial charge on any atom is 0.225 e. The van der Waals surface area contributed by atoms with Crippen LogP contribution in [-0.2, 0) is 17.6 Å². The first-order chi connectivity index (χ1) is 16.0. The molecule has 0 saturated carbocycles. The van der Waals surface area contributed by atoms with Crippen molar-refractivity contribution in [2.24, 2.45) is 5.92 Å². The van der Waals surface area contributed by atoms with Crippen molar-refractivity contribution >= 4 is 5.91 Å². The Morgan fingerprint density at radius 1 is 0.939 bits per heavy atom. The van der Waals surface area contributed by atoms with Gasteiger partial charge in [0.1, 0.15) is 0 Å². The Balaban J connectivity index is 1.38. The van der Waals surface area contributed by atoms with E-state index in [0.29, 0.717) is 18.0 Å². The second-order valence-corrected chi connectivity index (χ2v) is 10.2. The molecule has 1 aliphatic carbocycles. The number of hydrogen-bond acceptors (Lipinski definition) is 5. The van der Waals surface area contributed by atoms with E-state index < -0.39 is 0 Å². The summed E-state index contributed by atoms with van der Waals surface area (Å²) in [4.78, 5) is 20.4. The predicted molar refractivity (Wildman–Crippen MR) is 132 cm³/mol. The van der Waals surface area contributed by atoms with Crippen LogP contribution >= 0.6 is 0 Å². The smallest absolute Gasteiger partial charge is 0.225 e. The predicted octanol–water partition coefficient (Wildman–Crippen LogP) is 3.61. The molecule has 1 aromatic rings. The van der Waals surface area contributed by atoms with Gasteiger partial charge in [-0.2, -0.15) is 0 Å². The molecule has 0 aromatic heterocycles. The number of likely N-dealkylation sites (tertiary alicyclic amines) is 2. The molecule has 184 valence electrons. The molecule has 2 saturated heterocycles. The molecule has 0 N–H and O–H groups in total. The summed E-state index contributed by atoms with van der Waals surface area (Å²) in [5.41, 5.74) is 2.80. The van der Waals surface area contributed by atoms with Crippen LogP contribution in [0.4, 0.5) is 0 Å². The van der Waals surface area contributed by atoms with E-state index in [1.807, 2.05) is 0 Å². The fourth-order valence-corrected chi connectivity index (χ4v) is 6.20. The van der Waals surface area contributed by atoms with E-state index in [4.69, 9.17) is 9.47 Å². The number of carbonyl (C=O) groups excluding carboxylic acids is 1. The summed E-state index contributed by atoms with van der Waals surface area (Å²) in [6, 6.07) is 5.50. The zero-order valence-corrected chi connectivity index (χ0v) is 21.1. The highest BCUT2D eigenvalue weighted by molar-refractivity contribution is 5.79. The van der Waals surface area contributed by atoms with Gasteiger partial charge in [-0.3, -0.25) is 9.69 Å². The Labute approximate surface area is 200 Å². The fourth-order valence-electron chi connectivity index (χ4n) is 6.20. The van der Waals surface area contributed by atoms with Crippen LogP contribution in [-0.4, -0.2) is 86.7 Å². The minimum absolute atomic E-state index is 0.242. The van der Waals surface area contributed by atoms with Crippen LogP contribution in [0.25, 0.3) is 0 Å². The number of nitrogens with zero attached hydrogens (tertiary/aromatic N) is 3. The van der Waals surface area contributed by atoms with Crippen molar-refractivity contribution in [1.82, 2.24) is 14.7 Å². The third kappa shape index (κ3) is 5.48. The fraction of sp³-hybridized carbons (Fsp3) is 0.741. The number of aryl methyl sites for hydroxylation is 1. The quantitative estimate of drug-likeness (QED) is 0.626. The first kappa shape index (κ1) is 24.3. The van der Waals surface area contributed by atoms with E-state index in [-0.39, 0.29) is 5.92 Å². The lowest BCUT2D eigenvalue weighted by molar-refractivity contribution is -0.138. The zero-order valence-electron chi connectivity index (χ0n) is 21.1. The van der Waals surface area contributed by atoms with Gasteiger partial charge in [0.2, 0.25) is 5.91 Å². The van der Waals surface area contributed by atoms with Crippen molar-refractivity contribution in [3.8, 4) is 11.5 Å². The number of benzene rings is 1. The number of rotatable bonds is 7. The molecule has 0 spiro atoms. The summed E-state index contributed by atoms with van der Waals surface area (Å²) in [5, 5.41) is 0. The summed E-state index contributed by atoms with van der Waals surface area (Å²) >= 11 is 0. The summed E-state index contributed by atoms with van der Waals surface area (Å²) in [7, 11) is 5.59. The van der Waals surface area contributed by atoms with Gasteiger partial charge in [0, 0.05) is 31.1 Å². The third-order valence-corrected chi connectivity index (χ3v) is 8.17. The van der Waals surface area contributed by atoms with Crippen LogP contribution in [0.15, 0.2) is 12.1 Å². The van der Waals surface area contributed by atoms with E-state index >= 15 is 0 Å². The van der Waals surface area contributed by atoms with Gasteiger partial charge in [0.05, 0.1) is 14.2 Å². The first-order valence-corrected chi connectivity index (χ1v) is 13.0. The number of piperidine rings is 2. The molecule has 2 aliphatic heterocycles. The van der Waals surface area contributed by atoms with Gasteiger partial charge < -0.3 is 19.3 Å². The molecule has 3 aliphatic rings. The molecule has 1 atom stereocenters. The summed E-state index contributed by atoms with van der Waals surface area (Å²) in [5.74, 6) is 2.32. The van der Waals surface area contributed by atoms with Crippen molar-refractivity contribution in [1.29, 1.82) is 0 Å². The highest BCUT2D eigenvalue weighted by Crippen LogP contribution is 2.36. The van der Waals surface area contributed by atoms with Crippen LogP contribution < -0.4 is 9.47 Å². The number of ether oxygens (including phenoxy) is 2. The second-order valence-electron chi connectivity index (χ2n) is 10.2. The largest absolute Gasteiger partial charge is 0.493 e. The lowest BCUT2D eigenvalue weighted by atomic mass is 9.85. The van der Waals surface area contributed by atoms with E-state index in [0.717, 1.165) is 82.7 Å². The van der Waals surface area contributed by atoms with Gasteiger partial charge in [-0.1, -0.05) is 6.92 Å². The number of amides is 1. The lowest BCUT2D eigenvalue weighted by Gasteiger charge is -2.44. The van der Waals surface area contributed by atoms with Gasteiger partial charge >= 0.3 is 0 Å². The number of fused-ring (bicyclic) bond motifs is 1.